The van der Waals surface area contributed by atoms with Gasteiger partial charge in [0.1, 0.15) is 12.2 Å². The molecule has 0 radical (unpaired) electrons. The Morgan fingerprint density at radius 1 is 1.05 bits per heavy atom. The molecular formula is C13H21ClF4N2. The molecule has 0 aromatic rings. The summed E-state index contributed by atoms with van der Waals surface area (Å²) in [7, 11) is 3.25. The maximum atomic E-state index is 14.2. The highest BCUT2D eigenvalue weighted by Gasteiger charge is 2.47. The predicted octanol–water partition coefficient (Wildman–Crippen LogP) is 3.11. The summed E-state index contributed by atoms with van der Waals surface area (Å²) in [5, 5.41) is 0. The summed E-state index contributed by atoms with van der Waals surface area (Å²) in [5.41, 5.74) is -0.224. The van der Waals surface area contributed by atoms with Gasteiger partial charge in [0, 0.05) is 13.1 Å². The number of halogens is 5. The zero-order valence-corrected chi connectivity index (χ0v) is 12.5. The van der Waals surface area contributed by atoms with Crippen molar-refractivity contribution in [3.63, 3.8) is 0 Å². The fourth-order valence-electron chi connectivity index (χ4n) is 3.51. The van der Waals surface area contributed by atoms with E-state index in [1.165, 1.54) is 11.9 Å². The molecule has 0 bridgehead atoms. The fraction of sp³-hybridized carbons (Fsp3) is 1.00. The Hall–Kier alpha value is -0.0700. The van der Waals surface area contributed by atoms with Crippen molar-refractivity contribution in [2.45, 2.75) is 43.2 Å². The highest BCUT2D eigenvalue weighted by molar-refractivity contribution is 6.20. The molecule has 0 aromatic heterocycles. The van der Waals surface area contributed by atoms with Gasteiger partial charge in [-0.25, -0.2) is 4.39 Å². The van der Waals surface area contributed by atoms with Gasteiger partial charge in [0.25, 0.3) is 0 Å². The molecule has 5 unspecified atom stereocenters. The van der Waals surface area contributed by atoms with Crippen LogP contribution in [0.5, 0.6) is 0 Å². The second-order valence-electron chi connectivity index (χ2n) is 6.12. The van der Waals surface area contributed by atoms with Crippen LogP contribution in [0.1, 0.15) is 19.3 Å². The number of alkyl halides is 5. The third-order valence-electron chi connectivity index (χ3n) is 4.72. The Morgan fingerprint density at radius 2 is 1.70 bits per heavy atom. The summed E-state index contributed by atoms with van der Waals surface area (Å²) in [6, 6.07) is -1.39. The first-order valence-electron chi connectivity index (χ1n) is 6.95. The lowest BCUT2D eigenvalue weighted by molar-refractivity contribution is -0.193. The van der Waals surface area contributed by atoms with E-state index in [1.807, 2.05) is 0 Å². The minimum atomic E-state index is -4.20. The quantitative estimate of drug-likeness (QED) is 0.417. The van der Waals surface area contributed by atoms with Gasteiger partial charge < -0.3 is 0 Å². The molecule has 0 aromatic carbocycles. The van der Waals surface area contributed by atoms with Crippen LogP contribution in [-0.4, -0.2) is 60.9 Å². The Balaban J connectivity index is 1.99. The minimum Gasteiger partial charge on any atom is -0.295 e. The zero-order chi connectivity index (χ0) is 15.1. The van der Waals surface area contributed by atoms with Crippen LogP contribution in [0.3, 0.4) is 0 Å². The van der Waals surface area contributed by atoms with Crippen LogP contribution in [0, 0.1) is 11.8 Å². The van der Waals surface area contributed by atoms with Crippen LogP contribution in [-0.2, 0) is 0 Å². The van der Waals surface area contributed by atoms with E-state index in [-0.39, 0.29) is 30.3 Å². The van der Waals surface area contributed by atoms with Crippen molar-refractivity contribution in [1.29, 1.82) is 0 Å². The predicted molar refractivity (Wildman–Crippen MR) is 70.5 cm³/mol. The van der Waals surface area contributed by atoms with Crippen molar-refractivity contribution in [3.05, 3.63) is 0 Å². The maximum Gasteiger partial charge on any atom is 0.404 e. The summed E-state index contributed by atoms with van der Waals surface area (Å²) in [6.45, 7) is 0.560. The number of hydrogen-bond acceptors (Lipinski definition) is 2. The average Bonchev–Trinajstić information content (AvgIpc) is 2.32. The monoisotopic (exact) mass is 316 g/mol. The fourth-order valence-corrected chi connectivity index (χ4v) is 3.79. The van der Waals surface area contributed by atoms with Crippen molar-refractivity contribution in [2.24, 2.45) is 11.8 Å². The molecule has 0 spiro atoms. The lowest BCUT2D eigenvalue weighted by atomic mass is 9.77. The largest absolute Gasteiger partial charge is 0.404 e. The van der Waals surface area contributed by atoms with Gasteiger partial charge in [0.15, 0.2) is 0 Å². The summed E-state index contributed by atoms with van der Waals surface area (Å²) in [5.74, 6) is -0.270. The third kappa shape index (κ3) is 3.39. The van der Waals surface area contributed by atoms with Gasteiger partial charge in [0.2, 0.25) is 0 Å². The second-order valence-corrected chi connectivity index (χ2v) is 6.63. The first-order valence-corrected chi connectivity index (χ1v) is 7.39. The number of piperidine rings is 2. The highest BCUT2D eigenvalue weighted by Crippen LogP contribution is 2.40. The highest BCUT2D eigenvalue weighted by atomic mass is 35.5. The standard InChI is InChI=1S/C13H21ClF4N2/c1-19-6-8(3-4-11(19)13(16,17)18)9-5-12(14)20(2)7-10(9)15/h8-12H,3-7H2,1-2H3. The van der Waals surface area contributed by atoms with E-state index >= 15 is 0 Å². The summed E-state index contributed by atoms with van der Waals surface area (Å²) in [4.78, 5) is 3.08. The number of likely N-dealkylation sites (tertiary alicyclic amines) is 2. The first-order chi connectivity index (χ1) is 9.20. The lowest BCUT2D eigenvalue weighted by Gasteiger charge is -2.45. The Kier molecular flexibility index (Phi) is 4.87. The molecule has 0 saturated carbocycles. The van der Waals surface area contributed by atoms with Crippen LogP contribution in [0.25, 0.3) is 0 Å². The SMILES string of the molecule is CN1CC(F)C(C2CCC(C(F)(F)F)N(C)C2)CC1Cl. The molecule has 2 aliphatic heterocycles. The van der Waals surface area contributed by atoms with Crippen molar-refractivity contribution in [1.82, 2.24) is 9.80 Å². The Bertz CT molecular complexity index is 339. The van der Waals surface area contributed by atoms with Gasteiger partial charge in [0.05, 0.1) is 5.50 Å². The molecule has 7 heteroatoms. The summed E-state index contributed by atoms with van der Waals surface area (Å²) < 4.78 is 52.6. The first kappa shape index (κ1) is 16.3. The zero-order valence-electron chi connectivity index (χ0n) is 11.7. The molecule has 2 nitrogen and oxygen atoms in total. The molecule has 118 valence electrons. The van der Waals surface area contributed by atoms with Crippen molar-refractivity contribution < 1.29 is 17.6 Å². The van der Waals surface area contributed by atoms with E-state index in [2.05, 4.69) is 0 Å². The van der Waals surface area contributed by atoms with Gasteiger partial charge in [-0.2, -0.15) is 13.2 Å². The summed E-state index contributed by atoms with van der Waals surface area (Å²) >= 11 is 6.15. The van der Waals surface area contributed by atoms with E-state index in [4.69, 9.17) is 11.6 Å². The van der Waals surface area contributed by atoms with Crippen molar-refractivity contribution in [2.75, 3.05) is 27.2 Å². The van der Waals surface area contributed by atoms with E-state index in [9.17, 15) is 17.6 Å². The maximum absolute atomic E-state index is 14.2. The molecular weight excluding hydrogens is 296 g/mol. The third-order valence-corrected chi connectivity index (χ3v) is 5.23. The summed E-state index contributed by atoms with van der Waals surface area (Å²) in [6.07, 6.45) is -4.22. The molecule has 0 amide bonds. The van der Waals surface area contributed by atoms with Crippen molar-refractivity contribution >= 4 is 11.6 Å². The normalized spacial score (nSPS) is 41.9. The smallest absolute Gasteiger partial charge is 0.295 e. The van der Waals surface area contributed by atoms with Gasteiger partial charge in [-0.05, 0) is 45.2 Å². The van der Waals surface area contributed by atoms with Crippen LogP contribution in [0.4, 0.5) is 17.6 Å². The number of nitrogens with zero attached hydrogens (tertiary/aromatic N) is 2. The topological polar surface area (TPSA) is 6.48 Å². The molecule has 0 aliphatic carbocycles. The minimum absolute atomic E-state index is 0.0384. The molecule has 2 fully saturated rings. The lowest BCUT2D eigenvalue weighted by Crippen LogP contribution is -2.53. The molecule has 20 heavy (non-hydrogen) atoms. The van der Waals surface area contributed by atoms with Crippen LogP contribution >= 0.6 is 11.6 Å². The number of rotatable bonds is 1. The Labute approximate surface area is 122 Å². The number of hydrogen-bond donors (Lipinski definition) is 0. The Morgan fingerprint density at radius 3 is 2.25 bits per heavy atom. The van der Waals surface area contributed by atoms with Crippen molar-refractivity contribution in [3.8, 4) is 0 Å². The van der Waals surface area contributed by atoms with Gasteiger partial charge in [-0.15, -0.1) is 11.6 Å². The molecule has 2 aliphatic rings. The second kappa shape index (κ2) is 5.97. The molecule has 0 N–H and O–H groups in total. The van der Waals surface area contributed by atoms with Crippen LogP contribution in [0.2, 0.25) is 0 Å². The molecule has 2 rings (SSSR count). The van der Waals surface area contributed by atoms with Gasteiger partial charge in [-0.3, -0.25) is 9.80 Å². The molecule has 2 heterocycles. The van der Waals surface area contributed by atoms with E-state index in [1.54, 1.807) is 11.9 Å². The average molecular weight is 317 g/mol. The van der Waals surface area contributed by atoms with Crippen LogP contribution < -0.4 is 0 Å². The molecule has 5 atom stereocenters. The van der Waals surface area contributed by atoms with E-state index in [0.29, 0.717) is 19.4 Å². The van der Waals surface area contributed by atoms with Crippen LogP contribution in [0.15, 0.2) is 0 Å². The van der Waals surface area contributed by atoms with E-state index < -0.39 is 18.4 Å². The van der Waals surface area contributed by atoms with Gasteiger partial charge >= 0.3 is 6.18 Å². The van der Waals surface area contributed by atoms with Gasteiger partial charge in [-0.1, -0.05) is 0 Å². The van der Waals surface area contributed by atoms with E-state index in [0.717, 1.165) is 0 Å². The molecule has 2 saturated heterocycles.